The van der Waals surface area contributed by atoms with Crippen LogP contribution in [0.15, 0.2) is 30.4 Å². The number of ether oxygens (including phenoxy) is 1. The molecule has 0 bridgehead atoms. The van der Waals surface area contributed by atoms with Gasteiger partial charge in [0, 0.05) is 6.07 Å². The maximum atomic E-state index is 11.1. The van der Waals surface area contributed by atoms with Gasteiger partial charge in [0.05, 0.1) is 10.8 Å². The second-order valence-electron chi connectivity index (χ2n) is 4.16. The van der Waals surface area contributed by atoms with Gasteiger partial charge in [-0.1, -0.05) is 25.1 Å². The van der Waals surface area contributed by atoms with Crippen LogP contribution in [0.4, 0.5) is 5.69 Å². The number of allylic oxidation sites excluding steroid dienone is 1. The van der Waals surface area contributed by atoms with Crippen molar-refractivity contribution in [2.24, 2.45) is 0 Å². The third kappa shape index (κ3) is 3.81. The van der Waals surface area contributed by atoms with Crippen LogP contribution in [0.5, 0.6) is 5.75 Å². The van der Waals surface area contributed by atoms with Crippen molar-refractivity contribution >= 4 is 11.7 Å². The Balaban J connectivity index is 3.12. The molecule has 1 unspecified atom stereocenters. The third-order valence-electron chi connectivity index (χ3n) is 2.86. The van der Waals surface area contributed by atoms with E-state index in [1.807, 2.05) is 6.92 Å². The van der Waals surface area contributed by atoms with Crippen molar-refractivity contribution in [3.05, 3.63) is 46.0 Å². The smallest absolute Gasteiger partial charge is 0.311 e. The Kier molecular flexibility index (Phi) is 5.71. The van der Waals surface area contributed by atoms with E-state index in [0.29, 0.717) is 12.0 Å². The third-order valence-corrected chi connectivity index (χ3v) is 2.86. The Labute approximate surface area is 116 Å². The van der Waals surface area contributed by atoms with Crippen LogP contribution in [-0.4, -0.2) is 22.6 Å². The summed E-state index contributed by atoms with van der Waals surface area (Å²) in [5.74, 6) is -1.61. The van der Waals surface area contributed by atoms with Gasteiger partial charge in [-0.25, -0.2) is 0 Å². The van der Waals surface area contributed by atoms with Crippen LogP contribution in [0.1, 0.15) is 31.7 Å². The molecule has 0 saturated carbocycles. The highest BCUT2D eigenvalue weighted by atomic mass is 16.6. The van der Waals surface area contributed by atoms with Crippen LogP contribution in [0.3, 0.4) is 0 Å². The predicted octanol–water partition coefficient (Wildman–Crippen LogP) is 3.13. The molecule has 0 spiro atoms. The second kappa shape index (κ2) is 7.28. The molecule has 0 fully saturated rings. The van der Waals surface area contributed by atoms with Gasteiger partial charge in [0.2, 0.25) is 0 Å². The highest BCUT2D eigenvalue weighted by molar-refractivity contribution is 5.76. The molecule has 6 heteroatoms. The zero-order valence-corrected chi connectivity index (χ0v) is 11.4. The van der Waals surface area contributed by atoms with Crippen molar-refractivity contribution in [1.29, 1.82) is 0 Å². The molecule has 0 aliphatic heterocycles. The number of hydrogen-bond donors (Lipinski definition) is 1. The average molecular weight is 279 g/mol. The van der Waals surface area contributed by atoms with Crippen LogP contribution in [0.25, 0.3) is 0 Å². The Hall–Kier alpha value is -2.37. The highest BCUT2D eigenvalue weighted by Gasteiger charge is 2.23. The lowest BCUT2D eigenvalue weighted by atomic mass is 9.96. The maximum absolute atomic E-state index is 11.1. The molecule has 20 heavy (non-hydrogen) atoms. The van der Waals surface area contributed by atoms with Gasteiger partial charge in [0.15, 0.2) is 5.75 Å². The highest BCUT2D eigenvalue weighted by Crippen LogP contribution is 2.32. The second-order valence-corrected chi connectivity index (χ2v) is 4.16. The minimum Gasteiger partial charge on any atom is -0.483 e. The minimum atomic E-state index is -0.996. The summed E-state index contributed by atoms with van der Waals surface area (Å²) in [6, 6.07) is 4.27. The molecule has 0 radical (unpaired) electrons. The fraction of sp³-hybridized carbons (Fsp3) is 0.357. The maximum Gasteiger partial charge on any atom is 0.311 e. The van der Waals surface area contributed by atoms with E-state index in [-0.39, 0.29) is 18.0 Å². The monoisotopic (exact) mass is 279 g/mol. The Morgan fingerprint density at radius 2 is 2.25 bits per heavy atom. The number of nitro benzene ring substituents is 1. The summed E-state index contributed by atoms with van der Waals surface area (Å²) >= 11 is 0. The number of benzene rings is 1. The molecule has 1 aromatic carbocycles. The van der Waals surface area contributed by atoms with Crippen LogP contribution in [0, 0.1) is 10.1 Å². The van der Waals surface area contributed by atoms with Crippen molar-refractivity contribution in [3.63, 3.8) is 0 Å². The van der Waals surface area contributed by atoms with E-state index in [1.165, 1.54) is 12.1 Å². The van der Waals surface area contributed by atoms with Gasteiger partial charge in [0.25, 0.3) is 0 Å². The molecule has 0 amide bonds. The number of carboxylic acids is 1. The summed E-state index contributed by atoms with van der Waals surface area (Å²) in [4.78, 5) is 21.6. The Morgan fingerprint density at radius 3 is 2.75 bits per heavy atom. The van der Waals surface area contributed by atoms with Crippen molar-refractivity contribution in [3.8, 4) is 5.75 Å². The van der Waals surface area contributed by atoms with Crippen LogP contribution in [-0.2, 0) is 4.79 Å². The van der Waals surface area contributed by atoms with Crippen LogP contribution < -0.4 is 4.74 Å². The van der Waals surface area contributed by atoms with E-state index in [9.17, 15) is 14.9 Å². The van der Waals surface area contributed by atoms with Crippen molar-refractivity contribution in [2.45, 2.75) is 26.2 Å². The van der Waals surface area contributed by atoms with Crippen LogP contribution >= 0.6 is 0 Å². The SMILES string of the molecule is C/C=C/COc1ccc(C(CC)C(=O)O)cc1[N+](=O)[O-]. The summed E-state index contributed by atoms with van der Waals surface area (Å²) < 4.78 is 5.29. The fourth-order valence-corrected chi connectivity index (χ4v) is 1.80. The van der Waals surface area contributed by atoms with Gasteiger partial charge >= 0.3 is 11.7 Å². The molecular formula is C14H17NO5. The molecular weight excluding hydrogens is 262 g/mol. The van der Waals surface area contributed by atoms with Crippen molar-refractivity contribution in [1.82, 2.24) is 0 Å². The molecule has 0 aliphatic carbocycles. The van der Waals surface area contributed by atoms with E-state index >= 15 is 0 Å². The number of carbonyl (C=O) groups is 1. The normalized spacial score (nSPS) is 12.3. The van der Waals surface area contributed by atoms with Gasteiger partial charge < -0.3 is 9.84 Å². The fourth-order valence-electron chi connectivity index (χ4n) is 1.80. The molecule has 0 aliphatic rings. The molecule has 1 aromatic rings. The lowest BCUT2D eigenvalue weighted by Crippen LogP contribution is -2.11. The van der Waals surface area contributed by atoms with Gasteiger partial charge in [-0.3, -0.25) is 14.9 Å². The van der Waals surface area contributed by atoms with Crippen LogP contribution in [0.2, 0.25) is 0 Å². The molecule has 1 rings (SSSR count). The largest absolute Gasteiger partial charge is 0.483 e. The number of rotatable bonds is 7. The van der Waals surface area contributed by atoms with E-state index in [4.69, 9.17) is 9.84 Å². The van der Waals surface area contributed by atoms with E-state index in [2.05, 4.69) is 0 Å². The summed E-state index contributed by atoms with van der Waals surface area (Å²) in [6.07, 6.45) is 3.87. The van der Waals surface area contributed by atoms with Gasteiger partial charge in [0.1, 0.15) is 6.61 Å². The molecule has 6 nitrogen and oxygen atoms in total. The first kappa shape index (κ1) is 15.7. The lowest BCUT2D eigenvalue weighted by Gasteiger charge is -2.11. The number of nitro groups is 1. The summed E-state index contributed by atoms with van der Waals surface area (Å²) in [5, 5.41) is 20.1. The van der Waals surface area contributed by atoms with Crippen molar-refractivity contribution in [2.75, 3.05) is 6.61 Å². The lowest BCUT2D eigenvalue weighted by molar-refractivity contribution is -0.385. The standard InChI is InChI=1S/C14H17NO5/c1-3-5-8-20-13-7-6-10(9-12(13)15(18)19)11(4-2)14(16)17/h3,5-7,9,11H,4,8H2,1-2H3,(H,16,17)/b5-3+. The predicted molar refractivity (Wildman–Crippen MR) is 74.1 cm³/mol. The number of nitrogens with zero attached hydrogens (tertiary/aromatic N) is 1. The van der Waals surface area contributed by atoms with E-state index in [1.54, 1.807) is 25.1 Å². The Morgan fingerprint density at radius 1 is 1.55 bits per heavy atom. The number of carboxylic acid groups (broad SMARTS) is 1. The quantitative estimate of drug-likeness (QED) is 0.470. The summed E-state index contributed by atoms with van der Waals surface area (Å²) in [6.45, 7) is 3.77. The van der Waals surface area contributed by atoms with E-state index < -0.39 is 16.8 Å². The molecule has 108 valence electrons. The first-order valence-corrected chi connectivity index (χ1v) is 6.26. The molecule has 0 aromatic heterocycles. The molecule has 0 saturated heterocycles. The first-order valence-electron chi connectivity index (χ1n) is 6.26. The summed E-state index contributed by atoms with van der Waals surface area (Å²) in [5.41, 5.74) is 0.191. The molecule has 0 heterocycles. The first-order chi connectivity index (χ1) is 9.51. The van der Waals surface area contributed by atoms with Crippen molar-refractivity contribution < 1.29 is 19.6 Å². The Bertz CT molecular complexity index is 524. The van der Waals surface area contributed by atoms with E-state index in [0.717, 1.165) is 0 Å². The zero-order chi connectivity index (χ0) is 15.1. The number of aliphatic carboxylic acids is 1. The molecule has 1 atom stereocenters. The number of hydrogen-bond acceptors (Lipinski definition) is 4. The minimum absolute atomic E-state index is 0.136. The average Bonchev–Trinajstić information content (AvgIpc) is 2.40. The van der Waals surface area contributed by atoms with Gasteiger partial charge in [-0.15, -0.1) is 0 Å². The summed E-state index contributed by atoms with van der Waals surface area (Å²) in [7, 11) is 0. The topological polar surface area (TPSA) is 89.7 Å². The van der Waals surface area contributed by atoms with Gasteiger partial charge in [-0.05, 0) is 25.0 Å². The molecule has 1 N–H and O–H groups in total. The van der Waals surface area contributed by atoms with Gasteiger partial charge in [-0.2, -0.15) is 0 Å². The zero-order valence-electron chi connectivity index (χ0n) is 11.4.